The fourth-order valence-electron chi connectivity index (χ4n) is 2.45. The lowest BCUT2D eigenvalue weighted by atomic mass is 9.76. The third kappa shape index (κ3) is 4.52. The fourth-order valence-corrected chi connectivity index (χ4v) is 2.45. The van der Waals surface area contributed by atoms with E-state index in [1.165, 1.54) is 12.8 Å². The summed E-state index contributed by atoms with van der Waals surface area (Å²) in [6, 6.07) is 0. The van der Waals surface area contributed by atoms with Crippen molar-refractivity contribution in [3.63, 3.8) is 0 Å². The maximum atomic E-state index is 9.82. The van der Waals surface area contributed by atoms with Crippen LogP contribution in [0.5, 0.6) is 0 Å². The van der Waals surface area contributed by atoms with Crippen molar-refractivity contribution in [2.45, 2.75) is 53.1 Å². The average molecular weight is 213 g/mol. The molecule has 90 valence electrons. The van der Waals surface area contributed by atoms with Crippen molar-refractivity contribution in [1.29, 1.82) is 0 Å². The van der Waals surface area contributed by atoms with Gasteiger partial charge in [-0.2, -0.15) is 0 Å². The minimum Gasteiger partial charge on any atom is -0.389 e. The van der Waals surface area contributed by atoms with Gasteiger partial charge in [-0.25, -0.2) is 0 Å². The van der Waals surface area contributed by atoms with Gasteiger partial charge in [0, 0.05) is 13.1 Å². The summed E-state index contributed by atoms with van der Waals surface area (Å²) in [4.78, 5) is 2.42. The molecule has 0 amide bonds. The molecule has 1 saturated heterocycles. The Balaban J connectivity index is 2.50. The Bertz CT molecular complexity index is 200. The Hall–Kier alpha value is -0.0800. The van der Waals surface area contributed by atoms with Crippen LogP contribution in [0.2, 0.25) is 0 Å². The van der Waals surface area contributed by atoms with Crippen molar-refractivity contribution in [2.75, 3.05) is 19.6 Å². The van der Waals surface area contributed by atoms with Crippen molar-refractivity contribution in [2.24, 2.45) is 11.3 Å². The molecule has 0 saturated carbocycles. The van der Waals surface area contributed by atoms with Gasteiger partial charge in [-0.15, -0.1) is 0 Å². The quantitative estimate of drug-likeness (QED) is 0.762. The van der Waals surface area contributed by atoms with E-state index in [1.54, 1.807) is 0 Å². The van der Waals surface area contributed by atoms with Gasteiger partial charge in [0.15, 0.2) is 0 Å². The largest absolute Gasteiger partial charge is 0.389 e. The molecule has 1 fully saturated rings. The van der Waals surface area contributed by atoms with Gasteiger partial charge < -0.3 is 10.0 Å². The molecule has 1 atom stereocenters. The predicted octanol–water partition coefficient (Wildman–Crippen LogP) is 2.52. The van der Waals surface area contributed by atoms with Crippen LogP contribution >= 0.6 is 0 Å². The number of nitrogens with zero attached hydrogens (tertiary/aromatic N) is 1. The van der Waals surface area contributed by atoms with Gasteiger partial charge in [0.05, 0.1) is 5.60 Å². The molecule has 1 aliphatic rings. The first kappa shape index (κ1) is 13.0. The molecule has 2 nitrogen and oxygen atoms in total. The first-order valence-corrected chi connectivity index (χ1v) is 6.13. The highest BCUT2D eigenvalue weighted by Gasteiger charge is 2.31. The van der Waals surface area contributed by atoms with Crippen LogP contribution in [0.25, 0.3) is 0 Å². The highest BCUT2D eigenvalue weighted by Crippen LogP contribution is 2.33. The second-order valence-electron chi connectivity index (χ2n) is 6.75. The van der Waals surface area contributed by atoms with Crippen molar-refractivity contribution in [3.05, 3.63) is 0 Å². The van der Waals surface area contributed by atoms with E-state index in [0.29, 0.717) is 5.41 Å². The Labute approximate surface area is 94.7 Å². The van der Waals surface area contributed by atoms with E-state index in [0.717, 1.165) is 25.6 Å². The predicted molar refractivity (Wildman–Crippen MR) is 64.9 cm³/mol. The first-order chi connectivity index (χ1) is 6.68. The van der Waals surface area contributed by atoms with E-state index < -0.39 is 5.60 Å². The Morgan fingerprint density at radius 1 is 1.20 bits per heavy atom. The fraction of sp³-hybridized carbons (Fsp3) is 1.00. The summed E-state index contributed by atoms with van der Waals surface area (Å²) < 4.78 is 0. The summed E-state index contributed by atoms with van der Waals surface area (Å²) >= 11 is 0. The SMILES string of the molecule is CC(C)(O)CN1CCC[C@@H](C(C)(C)C)C1. The smallest absolute Gasteiger partial charge is 0.0718 e. The second-order valence-corrected chi connectivity index (χ2v) is 6.75. The van der Waals surface area contributed by atoms with Crippen LogP contribution in [0.3, 0.4) is 0 Å². The normalized spacial score (nSPS) is 25.6. The molecule has 1 N–H and O–H groups in total. The zero-order chi connectivity index (χ0) is 11.7. The third-order valence-electron chi connectivity index (χ3n) is 3.34. The number of piperidine rings is 1. The number of aliphatic hydroxyl groups is 1. The molecule has 0 spiro atoms. The van der Waals surface area contributed by atoms with E-state index in [9.17, 15) is 5.11 Å². The van der Waals surface area contributed by atoms with E-state index in [2.05, 4.69) is 25.7 Å². The molecule has 0 bridgehead atoms. The molecule has 0 unspecified atom stereocenters. The van der Waals surface area contributed by atoms with E-state index >= 15 is 0 Å². The summed E-state index contributed by atoms with van der Waals surface area (Å²) in [5.41, 5.74) is -0.155. The molecular formula is C13H27NO. The molecule has 1 rings (SSSR count). The minimum absolute atomic E-state index is 0.401. The average Bonchev–Trinajstić information content (AvgIpc) is 1.99. The van der Waals surface area contributed by atoms with Crippen LogP contribution in [0.1, 0.15) is 47.5 Å². The standard InChI is InChI=1S/C13H27NO/c1-12(2,3)11-7-6-8-14(9-11)10-13(4,5)15/h11,15H,6-10H2,1-5H3/t11-/m1/s1. The summed E-state index contributed by atoms with van der Waals surface area (Å²) in [7, 11) is 0. The van der Waals surface area contributed by atoms with Crippen LogP contribution in [0.15, 0.2) is 0 Å². The monoisotopic (exact) mass is 213 g/mol. The van der Waals surface area contributed by atoms with Crippen LogP contribution in [-0.2, 0) is 0 Å². The van der Waals surface area contributed by atoms with Gasteiger partial charge >= 0.3 is 0 Å². The van der Waals surface area contributed by atoms with Gasteiger partial charge in [0.25, 0.3) is 0 Å². The Kier molecular flexibility index (Phi) is 3.83. The zero-order valence-corrected chi connectivity index (χ0v) is 11.0. The third-order valence-corrected chi connectivity index (χ3v) is 3.34. The Morgan fingerprint density at radius 3 is 2.27 bits per heavy atom. The molecule has 0 aromatic rings. The molecule has 0 radical (unpaired) electrons. The van der Waals surface area contributed by atoms with Crippen LogP contribution < -0.4 is 0 Å². The van der Waals surface area contributed by atoms with E-state index in [-0.39, 0.29) is 0 Å². The van der Waals surface area contributed by atoms with Crippen molar-refractivity contribution < 1.29 is 5.11 Å². The summed E-state index contributed by atoms with van der Waals surface area (Å²) in [6.07, 6.45) is 2.61. The lowest BCUT2D eigenvalue weighted by Gasteiger charge is -2.41. The van der Waals surface area contributed by atoms with E-state index in [1.807, 2.05) is 13.8 Å². The summed E-state index contributed by atoms with van der Waals surface area (Å²) in [5, 5.41) is 9.82. The van der Waals surface area contributed by atoms with Gasteiger partial charge in [-0.3, -0.25) is 0 Å². The lowest BCUT2D eigenvalue weighted by Crippen LogP contribution is -2.46. The maximum Gasteiger partial charge on any atom is 0.0718 e. The number of likely N-dealkylation sites (tertiary alicyclic amines) is 1. The molecule has 15 heavy (non-hydrogen) atoms. The zero-order valence-electron chi connectivity index (χ0n) is 11.0. The number of β-amino-alcohol motifs (C(OH)–C–C–N with tert-alkyl or cyclic N) is 1. The molecule has 1 heterocycles. The van der Waals surface area contributed by atoms with Gasteiger partial charge in [0.1, 0.15) is 0 Å². The van der Waals surface area contributed by atoms with E-state index in [4.69, 9.17) is 0 Å². The molecule has 2 heteroatoms. The van der Waals surface area contributed by atoms with Gasteiger partial charge in [0.2, 0.25) is 0 Å². The van der Waals surface area contributed by atoms with Gasteiger partial charge in [-0.1, -0.05) is 20.8 Å². The summed E-state index contributed by atoms with van der Waals surface area (Å²) in [5.74, 6) is 0.772. The number of hydrogen-bond donors (Lipinski definition) is 1. The highest BCUT2D eigenvalue weighted by atomic mass is 16.3. The molecular weight excluding hydrogens is 186 g/mol. The second kappa shape index (κ2) is 4.42. The van der Waals surface area contributed by atoms with Crippen LogP contribution in [0, 0.1) is 11.3 Å². The van der Waals surface area contributed by atoms with Crippen molar-refractivity contribution >= 4 is 0 Å². The minimum atomic E-state index is -0.556. The molecule has 0 aromatic carbocycles. The topological polar surface area (TPSA) is 23.5 Å². The maximum absolute atomic E-state index is 9.82. The molecule has 0 aromatic heterocycles. The molecule has 1 aliphatic heterocycles. The van der Waals surface area contributed by atoms with Crippen LogP contribution in [0.4, 0.5) is 0 Å². The van der Waals surface area contributed by atoms with Gasteiger partial charge in [-0.05, 0) is 44.6 Å². The summed E-state index contributed by atoms with van der Waals surface area (Å²) in [6.45, 7) is 13.9. The van der Waals surface area contributed by atoms with Crippen LogP contribution in [-0.4, -0.2) is 35.2 Å². The van der Waals surface area contributed by atoms with Crippen molar-refractivity contribution in [1.82, 2.24) is 4.90 Å². The molecule has 0 aliphatic carbocycles. The first-order valence-electron chi connectivity index (χ1n) is 6.13. The highest BCUT2D eigenvalue weighted by molar-refractivity contribution is 4.83. The lowest BCUT2D eigenvalue weighted by molar-refractivity contribution is 0.00804. The van der Waals surface area contributed by atoms with Crippen molar-refractivity contribution in [3.8, 4) is 0 Å². The Morgan fingerprint density at radius 2 is 1.80 bits per heavy atom. The number of hydrogen-bond acceptors (Lipinski definition) is 2. The number of rotatable bonds is 2.